The van der Waals surface area contributed by atoms with Crippen LogP contribution < -0.4 is 16.0 Å². The predicted molar refractivity (Wildman–Crippen MR) is 145 cm³/mol. The number of benzene rings is 1. The SMILES string of the molecule is CC(C)(C)OC(=O)NCCCCC(CNC(=O)COC1=CC(=O)c2c(O)cccc2C1=O)NC(=O)OC(C)(C)C. The number of ketones is 2. The van der Waals surface area contributed by atoms with Crippen molar-refractivity contribution in [2.75, 3.05) is 19.7 Å². The molecule has 0 saturated carbocycles. The molecule has 0 aliphatic heterocycles. The van der Waals surface area contributed by atoms with Gasteiger partial charge in [0.05, 0.1) is 5.56 Å². The number of alkyl carbamates (subject to hydrolysis) is 2. The van der Waals surface area contributed by atoms with Crippen LogP contribution in [-0.2, 0) is 19.0 Å². The summed E-state index contributed by atoms with van der Waals surface area (Å²) in [6.45, 7) is 10.4. The maximum atomic E-state index is 12.6. The van der Waals surface area contributed by atoms with Crippen molar-refractivity contribution in [3.05, 3.63) is 41.2 Å². The molecule has 0 heterocycles. The third-order valence-corrected chi connectivity index (χ3v) is 5.29. The fourth-order valence-corrected chi connectivity index (χ4v) is 3.64. The second-order valence-electron chi connectivity index (χ2n) is 11.3. The van der Waals surface area contributed by atoms with E-state index in [-0.39, 0.29) is 29.2 Å². The summed E-state index contributed by atoms with van der Waals surface area (Å²) in [5.41, 5.74) is -1.43. The van der Waals surface area contributed by atoms with Crippen molar-refractivity contribution >= 4 is 29.7 Å². The summed E-state index contributed by atoms with van der Waals surface area (Å²) in [5, 5.41) is 17.9. The number of hydrogen-bond donors (Lipinski definition) is 4. The number of amides is 3. The Morgan fingerprint density at radius 3 is 2.23 bits per heavy atom. The van der Waals surface area contributed by atoms with E-state index in [4.69, 9.17) is 14.2 Å². The molecule has 0 spiro atoms. The Morgan fingerprint density at radius 2 is 1.57 bits per heavy atom. The first-order chi connectivity index (χ1) is 18.6. The number of ether oxygens (including phenoxy) is 3. The Kier molecular flexibility index (Phi) is 11.1. The fourth-order valence-electron chi connectivity index (χ4n) is 3.64. The predicted octanol–water partition coefficient (Wildman–Crippen LogP) is 3.38. The van der Waals surface area contributed by atoms with Gasteiger partial charge in [0.15, 0.2) is 18.1 Å². The van der Waals surface area contributed by atoms with Crippen LogP contribution in [0.3, 0.4) is 0 Å². The van der Waals surface area contributed by atoms with Crippen molar-refractivity contribution in [2.24, 2.45) is 0 Å². The number of carbonyl (C=O) groups excluding carboxylic acids is 5. The third kappa shape index (κ3) is 11.0. The molecule has 0 bridgehead atoms. The summed E-state index contributed by atoms with van der Waals surface area (Å²) in [4.78, 5) is 61.5. The number of phenols is 1. The average molecular weight is 562 g/mol. The zero-order valence-electron chi connectivity index (χ0n) is 23.8. The number of nitrogens with one attached hydrogen (secondary N) is 3. The zero-order valence-corrected chi connectivity index (χ0v) is 23.8. The molecule has 40 heavy (non-hydrogen) atoms. The number of hydrogen-bond acceptors (Lipinski definition) is 9. The van der Waals surface area contributed by atoms with E-state index >= 15 is 0 Å². The van der Waals surface area contributed by atoms with Crippen LogP contribution >= 0.6 is 0 Å². The summed E-state index contributed by atoms with van der Waals surface area (Å²) >= 11 is 0. The van der Waals surface area contributed by atoms with Gasteiger partial charge in [-0.05, 0) is 72.9 Å². The molecular weight excluding hydrogens is 522 g/mol. The molecule has 1 aromatic carbocycles. The number of unbranched alkanes of at least 4 members (excludes halogenated alkanes) is 1. The van der Waals surface area contributed by atoms with Crippen molar-refractivity contribution in [2.45, 2.75) is 78.0 Å². The van der Waals surface area contributed by atoms with Gasteiger partial charge in [0.25, 0.3) is 5.91 Å². The molecule has 220 valence electrons. The highest BCUT2D eigenvalue weighted by Gasteiger charge is 2.29. The number of phenolic OH excluding ortho intramolecular Hbond substituents is 1. The minimum absolute atomic E-state index is 0.00862. The minimum atomic E-state index is -0.712. The van der Waals surface area contributed by atoms with Gasteiger partial charge in [0.2, 0.25) is 5.78 Å². The Morgan fingerprint density at radius 1 is 0.925 bits per heavy atom. The van der Waals surface area contributed by atoms with E-state index < -0.39 is 53.5 Å². The van der Waals surface area contributed by atoms with Crippen LogP contribution in [0.25, 0.3) is 0 Å². The van der Waals surface area contributed by atoms with E-state index in [9.17, 15) is 29.1 Å². The van der Waals surface area contributed by atoms with Crippen LogP contribution in [0.2, 0.25) is 0 Å². The Balaban J connectivity index is 1.87. The number of rotatable bonds is 11. The van der Waals surface area contributed by atoms with Crippen LogP contribution in [0.4, 0.5) is 9.59 Å². The van der Waals surface area contributed by atoms with Crippen LogP contribution in [0.1, 0.15) is 81.5 Å². The third-order valence-electron chi connectivity index (χ3n) is 5.29. The van der Waals surface area contributed by atoms with Gasteiger partial charge in [-0.1, -0.05) is 6.07 Å². The van der Waals surface area contributed by atoms with Crippen molar-refractivity contribution in [1.29, 1.82) is 0 Å². The normalized spacial score (nSPS) is 13.9. The van der Waals surface area contributed by atoms with Crippen LogP contribution in [0.15, 0.2) is 30.0 Å². The molecule has 0 fully saturated rings. The largest absolute Gasteiger partial charge is 0.507 e. The van der Waals surface area contributed by atoms with Crippen LogP contribution in [-0.4, -0.2) is 71.7 Å². The first kappa shape index (κ1) is 32.1. The lowest BCUT2D eigenvalue weighted by Gasteiger charge is -2.24. The molecule has 0 saturated heterocycles. The molecular formula is C28H39N3O9. The van der Waals surface area contributed by atoms with Crippen molar-refractivity contribution in [3.8, 4) is 5.75 Å². The Labute approximate surface area is 233 Å². The molecule has 2 rings (SSSR count). The van der Waals surface area contributed by atoms with E-state index in [1.165, 1.54) is 18.2 Å². The smallest absolute Gasteiger partial charge is 0.407 e. The molecule has 1 aromatic rings. The van der Waals surface area contributed by atoms with E-state index in [1.807, 2.05) is 0 Å². The number of aromatic hydroxyl groups is 1. The quantitative estimate of drug-likeness (QED) is 0.296. The van der Waals surface area contributed by atoms with E-state index in [1.54, 1.807) is 41.5 Å². The first-order valence-corrected chi connectivity index (χ1v) is 13.0. The summed E-state index contributed by atoms with van der Waals surface area (Å²) in [5.74, 6) is -2.42. The highest BCUT2D eigenvalue weighted by Crippen LogP contribution is 2.28. The Hall–Kier alpha value is -4.09. The monoisotopic (exact) mass is 561 g/mol. The number of allylic oxidation sites excluding steroid dienone is 2. The summed E-state index contributed by atoms with van der Waals surface area (Å²) in [6.07, 6.45) is 1.46. The fraction of sp³-hybridized carbons (Fsp3) is 0.536. The van der Waals surface area contributed by atoms with Gasteiger partial charge in [-0.15, -0.1) is 0 Å². The van der Waals surface area contributed by atoms with E-state index in [2.05, 4.69) is 16.0 Å². The maximum Gasteiger partial charge on any atom is 0.407 e. The summed E-state index contributed by atoms with van der Waals surface area (Å²) in [7, 11) is 0. The van der Waals surface area contributed by atoms with Gasteiger partial charge < -0.3 is 35.3 Å². The molecule has 1 aliphatic carbocycles. The average Bonchev–Trinajstić information content (AvgIpc) is 2.81. The molecule has 4 N–H and O–H groups in total. The highest BCUT2D eigenvalue weighted by molar-refractivity contribution is 6.24. The summed E-state index contributed by atoms with van der Waals surface area (Å²) < 4.78 is 15.8. The van der Waals surface area contributed by atoms with Crippen molar-refractivity contribution in [3.63, 3.8) is 0 Å². The maximum absolute atomic E-state index is 12.6. The van der Waals surface area contributed by atoms with E-state index in [0.29, 0.717) is 25.8 Å². The lowest BCUT2D eigenvalue weighted by Crippen LogP contribution is -2.46. The topological polar surface area (TPSA) is 169 Å². The van der Waals surface area contributed by atoms with Crippen LogP contribution in [0, 0.1) is 0 Å². The summed E-state index contributed by atoms with van der Waals surface area (Å²) in [6, 6.07) is 3.63. The van der Waals surface area contributed by atoms with Gasteiger partial charge in [-0.25, -0.2) is 9.59 Å². The second kappa shape index (κ2) is 13.8. The highest BCUT2D eigenvalue weighted by atomic mass is 16.6. The zero-order chi connectivity index (χ0) is 30.1. The number of fused-ring (bicyclic) bond motifs is 1. The Bertz CT molecular complexity index is 1150. The lowest BCUT2D eigenvalue weighted by atomic mass is 9.93. The standard InChI is InChI=1S/C28H39N3O9/c1-27(2,3)39-25(36)29-13-8-7-10-17(31-26(37)40-28(4,5)6)15-30-22(34)16-38-21-14-20(33)23-18(24(21)35)11-9-12-19(23)32/h9,11-12,14,17,32H,7-8,10,13,15-16H2,1-6H3,(H,29,36)(H,30,34)(H,31,37). The van der Waals surface area contributed by atoms with Crippen molar-refractivity contribution in [1.82, 2.24) is 16.0 Å². The molecule has 12 nitrogen and oxygen atoms in total. The second-order valence-corrected chi connectivity index (χ2v) is 11.3. The lowest BCUT2D eigenvalue weighted by molar-refractivity contribution is -0.124. The molecule has 12 heteroatoms. The molecule has 1 atom stereocenters. The van der Waals surface area contributed by atoms with Gasteiger partial charge >= 0.3 is 12.2 Å². The van der Waals surface area contributed by atoms with Gasteiger partial charge in [0.1, 0.15) is 17.0 Å². The minimum Gasteiger partial charge on any atom is -0.507 e. The number of carbonyl (C=O) groups is 5. The van der Waals surface area contributed by atoms with Gasteiger partial charge in [-0.3, -0.25) is 14.4 Å². The molecule has 1 unspecified atom stereocenters. The molecule has 0 radical (unpaired) electrons. The number of Topliss-reactive ketones (excluding diaryl/α,β-unsaturated/α-hetero) is 1. The van der Waals surface area contributed by atoms with Crippen LogP contribution in [0.5, 0.6) is 5.75 Å². The first-order valence-electron chi connectivity index (χ1n) is 13.0. The molecule has 0 aromatic heterocycles. The van der Waals surface area contributed by atoms with Gasteiger partial charge in [0, 0.05) is 30.8 Å². The van der Waals surface area contributed by atoms with Gasteiger partial charge in [-0.2, -0.15) is 0 Å². The molecule has 3 amide bonds. The van der Waals surface area contributed by atoms with Crippen molar-refractivity contribution < 1.29 is 43.3 Å². The van der Waals surface area contributed by atoms with E-state index in [0.717, 1.165) is 6.08 Å². The molecule has 1 aliphatic rings.